The highest BCUT2D eigenvalue weighted by Crippen LogP contribution is 2.58. The summed E-state index contributed by atoms with van der Waals surface area (Å²) >= 11 is 0. The number of hydrogen-bond donors (Lipinski definition) is 1. The van der Waals surface area contributed by atoms with Crippen molar-refractivity contribution < 1.29 is 0 Å². The van der Waals surface area contributed by atoms with Gasteiger partial charge in [-0.1, -0.05) is 58.9 Å². The van der Waals surface area contributed by atoms with Gasteiger partial charge in [0.15, 0.2) is 0 Å². The van der Waals surface area contributed by atoms with Crippen molar-refractivity contribution in [3.63, 3.8) is 0 Å². The Kier molecular flexibility index (Phi) is 3.81. The Morgan fingerprint density at radius 1 is 1.16 bits per heavy atom. The van der Waals surface area contributed by atoms with E-state index in [1.807, 2.05) is 18.5 Å². The van der Waals surface area contributed by atoms with Gasteiger partial charge >= 0.3 is 0 Å². The molecule has 1 saturated heterocycles. The summed E-state index contributed by atoms with van der Waals surface area (Å²) in [5, 5.41) is 3.98. The largest absolute Gasteiger partial charge is 0.306 e. The van der Waals surface area contributed by atoms with E-state index in [0.717, 1.165) is 0 Å². The van der Waals surface area contributed by atoms with E-state index >= 15 is 0 Å². The average Bonchev–Trinajstić information content (AvgIpc) is 2.52. The molecule has 3 unspecified atom stereocenters. The number of fused-ring (bicyclic) bond motifs is 2. The maximum atomic E-state index is 4.37. The molecule has 2 nitrogen and oxygen atoms in total. The van der Waals surface area contributed by atoms with Crippen LogP contribution in [0.15, 0.2) is 42.7 Å². The molecule has 5 rings (SSSR count). The van der Waals surface area contributed by atoms with Gasteiger partial charge in [-0.05, 0) is 46.4 Å². The lowest BCUT2D eigenvalue weighted by atomic mass is 9.56. The van der Waals surface area contributed by atoms with Crippen molar-refractivity contribution in [1.82, 2.24) is 10.3 Å². The lowest BCUT2D eigenvalue weighted by molar-refractivity contribution is 0.0829. The summed E-state index contributed by atoms with van der Waals surface area (Å²) in [6, 6.07) is 12.1. The van der Waals surface area contributed by atoms with Gasteiger partial charge < -0.3 is 5.32 Å². The van der Waals surface area contributed by atoms with Crippen LogP contribution in [0.3, 0.4) is 0 Å². The Morgan fingerprint density at radius 3 is 2.64 bits per heavy atom. The molecule has 0 spiro atoms. The molecule has 2 bridgehead atoms. The number of aromatic nitrogens is 1. The van der Waals surface area contributed by atoms with Crippen LogP contribution in [0.25, 0.3) is 11.1 Å². The smallest absolute Gasteiger partial charge is 0.0346 e. The van der Waals surface area contributed by atoms with Crippen LogP contribution in [-0.4, -0.2) is 11.0 Å². The first kappa shape index (κ1) is 16.8. The second kappa shape index (κ2) is 5.67. The molecule has 1 fully saturated rings. The van der Waals surface area contributed by atoms with Crippen molar-refractivity contribution in [2.24, 2.45) is 10.8 Å². The standard InChI is InChI=1S/C23H30N2/c1-22(2,3)12-19-21-20-16(15-8-7-11-24-14-15)9-6-10-17(20)18(25-19)13-23(21,4)5/h6-11,14,18-19,21,25H,12-13H2,1-5H3. The summed E-state index contributed by atoms with van der Waals surface area (Å²) in [7, 11) is 0. The van der Waals surface area contributed by atoms with Gasteiger partial charge in [0, 0.05) is 36.0 Å². The summed E-state index contributed by atoms with van der Waals surface area (Å²) in [4.78, 5) is 4.37. The third kappa shape index (κ3) is 2.91. The number of benzene rings is 1. The number of piperidine rings is 1. The Morgan fingerprint density at radius 2 is 1.96 bits per heavy atom. The molecule has 2 aromatic rings. The van der Waals surface area contributed by atoms with Crippen molar-refractivity contribution in [3.05, 3.63) is 53.9 Å². The summed E-state index contributed by atoms with van der Waals surface area (Å²) in [5.41, 5.74) is 6.36. The molecule has 3 atom stereocenters. The van der Waals surface area contributed by atoms with Crippen LogP contribution < -0.4 is 5.32 Å². The molecule has 1 aromatic heterocycles. The summed E-state index contributed by atoms with van der Waals surface area (Å²) in [6.45, 7) is 12.0. The monoisotopic (exact) mass is 334 g/mol. The fraction of sp³-hybridized carbons (Fsp3) is 0.522. The molecule has 0 amide bonds. The minimum absolute atomic E-state index is 0.317. The number of rotatable bonds is 2. The highest BCUT2D eigenvalue weighted by Gasteiger charge is 2.50. The predicted octanol–water partition coefficient (Wildman–Crippen LogP) is 5.71. The number of hydrogen-bond acceptors (Lipinski definition) is 2. The third-order valence-electron chi connectivity index (χ3n) is 6.02. The molecule has 1 aromatic carbocycles. The second-order valence-corrected chi connectivity index (χ2v) is 9.81. The lowest BCUT2D eigenvalue weighted by Crippen LogP contribution is -2.55. The second-order valence-electron chi connectivity index (χ2n) is 9.81. The summed E-state index contributed by atoms with van der Waals surface area (Å²) in [6.07, 6.45) is 6.30. The van der Waals surface area contributed by atoms with E-state index in [4.69, 9.17) is 0 Å². The van der Waals surface area contributed by atoms with Crippen LogP contribution in [0.5, 0.6) is 0 Å². The molecule has 132 valence electrons. The van der Waals surface area contributed by atoms with Crippen LogP contribution >= 0.6 is 0 Å². The molecule has 3 heterocycles. The molecule has 1 N–H and O–H groups in total. The molecule has 2 aliphatic heterocycles. The maximum Gasteiger partial charge on any atom is 0.0346 e. The molecule has 0 radical (unpaired) electrons. The summed E-state index contributed by atoms with van der Waals surface area (Å²) < 4.78 is 0. The van der Waals surface area contributed by atoms with Gasteiger partial charge in [0.1, 0.15) is 0 Å². The summed E-state index contributed by atoms with van der Waals surface area (Å²) in [5.74, 6) is 0.545. The Hall–Kier alpha value is -1.67. The van der Waals surface area contributed by atoms with Crippen molar-refractivity contribution in [2.45, 2.75) is 65.5 Å². The minimum Gasteiger partial charge on any atom is -0.306 e. The first-order valence-electron chi connectivity index (χ1n) is 9.55. The van der Waals surface area contributed by atoms with E-state index in [-0.39, 0.29) is 0 Å². The van der Waals surface area contributed by atoms with Gasteiger partial charge in [0.25, 0.3) is 0 Å². The van der Waals surface area contributed by atoms with E-state index in [2.05, 4.69) is 69.2 Å². The van der Waals surface area contributed by atoms with Crippen molar-refractivity contribution >= 4 is 0 Å². The van der Waals surface area contributed by atoms with Gasteiger partial charge in [0.2, 0.25) is 0 Å². The van der Waals surface area contributed by atoms with Crippen LogP contribution in [0, 0.1) is 10.8 Å². The van der Waals surface area contributed by atoms with Gasteiger partial charge in [-0.2, -0.15) is 0 Å². The van der Waals surface area contributed by atoms with Crippen LogP contribution in [-0.2, 0) is 0 Å². The van der Waals surface area contributed by atoms with E-state index < -0.39 is 0 Å². The van der Waals surface area contributed by atoms with Gasteiger partial charge in [-0.3, -0.25) is 4.98 Å². The zero-order chi connectivity index (χ0) is 17.8. The molecule has 0 saturated carbocycles. The topological polar surface area (TPSA) is 24.9 Å². The van der Waals surface area contributed by atoms with Crippen LogP contribution in [0.2, 0.25) is 0 Å². The third-order valence-corrected chi connectivity index (χ3v) is 6.02. The number of nitrogens with zero attached hydrogens (tertiary/aromatic N) is 1. The fourth-order valence-electron chi connectivity index (χ4n) is 5.25. The highest BCUT2D eigenvalue weighted by molar-refractivity contribution is 5.70. The quantitative estimate of drug-likeness (QED) is 0.760. The maximum absolute atomic E-state index is 4.37. The zero-order valence-electron chi connectivity index (χ0n) is 16.1. The first-order valence-corrected chi connectivity index (χ1v) is 9.55. The van der Waals surface area contributed by atoms with E-state index in [1.165, 1.54) is 29.5 Å². The minimum atomic E-state index is 0.317. The van der Waals surface area contributed by atoms with E-state index in [0.29, 0.717) is 28.8 Å². The SMILES string of the molecule is CC(C)(C)CC1NC2CC(C)(C)C1c1c(-c3cccnc3)cccc12. The molecule has 25 heavy (non-hydrogen) atoms. The van der Waals surface area contributed by atoms with E-state index in [1.54, 1.807) is 5.56 Å². The van der Waals surface area contributed by atoms with E-state index in [9.17, 15) is 0 Å². The molecular formula is C23H30N2. The predicted molar refractivity (Wildman–Crippen MR) is 105 cm³/mol. The number of nitrogens with one attached hydrogen (secondary N) is 1. The molecule has 3 aliphatic rings. The fourth-order valence-corrected chi connectivity index (χ4v) is 5.25. The van der Waals surface area contributed by atoms with Crippen LogP contribution in [0.4, 0.5) is 0 Å². The van der Waals surface area contributed by atoms with Gasteiger partial charge in [0.05, 0.1) is 0 Å². The van der Waals surface area contributed by atoms with Gasteiger partial charge in [-0.15, -0.1) is 0 Å². The van der Waals surface area contributed by atoms with Crippen molar-refractivity contribution in [1.29, 1.82) is 0 Å². The Balaban J connectivity index is 1.88. The highest BCUT2D eigenvalue weighted by atomic mass is 15.0. The first-order chi connectivity index (χ1) is 11.8. The molecule has 2 heteroatoms. The normalized spacial score (nSPS) is 27.2. The lowest BCUT2D eigenvalue weighted by Gasteiger charge is -2.56. The molecular weight excluding hydrogens is 304 g/mol. The van der Waals surface area contributed by atoms with Crippen molar-refractivity contribution in [3.8, 4) is 11.1 Å². The number of pyridine rings is 1. The van der Waals surface area contributed by atoms with Gasteiger partial charge in [-0.25, -0.2) is 0 Å². The Bertz CT molecular complexity index is 770. The van der Waals surface area contributed by atoms with Crippen LogP contribution in [0.1, 0.15) is 70.5 Å². The molecule has 1 aliphatic carbocycles. The Labute approximate surface area is 152 Å². The average molecular weight is 335 g/mol. The zero-order valence-corrected chi connectivity index (χ0v) is 16.1. The van der Waals surface area contributed by atoms with Crippen molar-refractivity contribution in [2.75, 3.05) is 0 Å².